The Kier molecular flexibility index (Phi) is 3.89. The highest BCUT2D eigenvalue weighted by molar-refractivity contribution is 6.41. The average molecular weight is 279 g/mol. The van der Waals surface area contributed by atoms with Gasteiger partial charge in [0.25, 0.3) is 0 Å². The van der Waals surface area contributed by atoms with Gasteiger partial charge >= 0.3 is 0 Å². The fourth-order valence-electron chi connectivity index (χ4n) is 1.84. The highest BCUT2D eigenvalue weighted by atomic mass is 35.5. The molecule has 0 heterocycles. The largest absolute Gasteiger partial charge is 0.380 e. The molecule has 1 N–H and O–H groups in total. The van der Waals surface area contributed by atoms with Gasteiger partial charge in [-0.05, 0) is 31.4 Å². The van der Waals surface area contributed by atoms with Crippen molar-refractivity contribution in [3.05, 3.63) is 27.2 Å². The van der Waals surface area contributed by atoms with Crippen LogP contribution in [0.1, 0.15) is 26.2 Å². The zero-order valence-corrected chi connectivity index (χ0v) is 11.3. The molecule has 1 aromatic carbocycles. The molecule has 2 rings (SSSR count). The molecule has 0 amide bonds. The number of nitrogens with one attached hydrogen (secondary N) is 1. The predicted molar refractivity (Wildman–Crippen MR) is 71.9 cm³/mol. The Hall–Kier alpha value is -0.110. The zero-order chi connectivity index (χ0) is 11.7. The molecule has 1 atom stereocenters. The maximum atomic E-state index is 6.10. The third-order valence-electron chi connectivity index (χ3n) is 2.78. The summed E-state index contributed by atoms with van der Waals surface area (Å²) in [6, 6.07) is 3.81. The molecular formula is C12H14Cl3N. The first-order valence-corrected chi connectivity index (χ1v) is 6.60. The van der Waals surface area contributed by atoms with Crippen molar-refractivity contribution in [2.45, 2.75) is 32.2 Å². The van der Waals surface area contributed by atoms with E-state index in [4.69, 9.17) is 34.8 Å². The third-order valence-corrected chi connectivity index (χ3v) is 3.60. The first-order valence-electron chi connectivity index (χ1n) is 5.47. The van der Waals surface area contributed by atoms with Gasteiger partial charge in [-0.2, -0.15) is 0 Å². The summed E-state index contributed by atoms with van der Waals surface area (Å²) < 4.78 is 0. The molecule has 0 aromatic heterocycles. The van der Waals surface area contributed by atoms with Crippen LogP contribution in [0.25, 0.3) is 0 Å². The molecule has 1 aliphatic rings. The highest BCUT2D eigenvalue weighted by Gasteiger charge is 2.24. The van der Waals surface area contributed by atoms with Gasteiger partial charge in [0, 0.05) is 11.1 Å². The molecule has 16 heavy (non-hydrogen) atoms. The first kappa shape index (κ1) is 12.3. The van der Waals surface area contributed by atoms with Gasteiger partial charge in [-0.25, -0.2) is 0 Å². The Bertz CT molecular complexity index is 365. The monoisotopic (exact) mass is 277 g/mol. The van der Waals surface area contributed by atoms with Gasteiger partial charge in [-0.15, -0.1) is 0 Å². The minimum atomic E-state index is 0.392. The lowest BCUT2D eigenvalue weighted by atomic mass is 10.1. The van der Waals surface area contributed by atoms with Crippen LogP contribution < -0.4 is 5.32 Å². The standard InChI is InChI=1S/C12H14Cl3N/c1-7(4-8-2-3-8)16-12-10(14)5-9(13)6-11(12)15/h5-8,16H,2-4H2,1H3. The van der Waals surface area contributed by atoms with E-state index in [1.807, 2.05) is 0 Å². The van der Waals surface area contributed by atoms with Crippen LogP contribution in [-0.4, -0.2) is 6.04 Å². The summed E-state index contributed by atoms with van der Waals surface area (Å²) in [5.41, 5.74) is 0.792. The van der Waals surface area contributed by atoms with Gasteiger partial charge < -0.3 is 5.32 Å². The lowest BCUT2D eigenvalue weighted by Crippen LogP contribution is -2.16. The summed E-state index contributed by atoms with van der Waals surface area (Å²) >= 11 is 18.1. The van der Waals surface area contributed by atoms with E-state index < -0.39 is 0 Å². The topological polar surface area (TPSA) is 12.0 Å². The molecule has 1 aromatic rings. The lowest BCUT2D eigenvalue weighted by Gasteiger charge is -2.17. The molecule has 0 spiro atoms. The van der Waals surface area contributed by atoms with Crippen LogP contribution >= 0.6 is 34.8 Å². The average Bonchev–Trinajstić information content (AvgIpc) is 2.95. The second-order valence-corrected chi connectivity index (χ2v) is 5.72. The van der Waals surface area contributed by atoms with E-state index in [1.165, 1.54) is 19.3 Å². The summed E-state index contributed by atoms with van der Waals surface area (Å²) in [5, 5.41) is 5.09. The molecule has 1 fully saturated rings. The number of benzene rings is 1. The molecule has 0 saturated heterocycles. The summed E-state index contributed by atoms with van der Waals surface area (Å²) in [6.45, 7) is 2.15. The van der Waals surface area contributed by atoms with E-state index in [9.17, 15) is 0 Å². The van der Waals surface area contributed by atoms with Crippen molar-refractivity contribution < 1.29 is 0 Å². The van der Waals surface area contributed by atoms with E-state index in [-0.39, 0.29) is 0 Å². The molecule has 1 aliphatic carbocycles. The zero-order valence-electron chi connectivity index (χ0n) is 9.06. The number of hydrogen-bond acceptors (Lipinski definition) is 1. The third kappa shape index (κ3) is 3.19. The molecule has 88 valence electrons. The molecule has 0 bridgehead atoms. The van der Waals surface area contributed by atoms with Crippen LogP contribution in [0, 0.1) is 5.92 Å². The molecule has 1 unspecified atom stereocenters. The Labute approximate surface area is 111 Å². The Morgan fingerprint density at radius 2 is 1.81 bits per heavy atom. The van der Waals surface area contributed by atoms with Gasteiger partial charge in [-0.1, -0.05) is 47.6 Å². The fourth-order valence-corrected chi connectivity index (χ4v) is 2.77. The number of anilines is 1. The van der Waals surface area contributed by atoms with Crippen molar-refractivity contribution in [2.75, 3.05) is 5.32 Å². The van der Waals surface area contributed by atoms with E-state index in [1.54, 1.807) is 12.1 Å². The maximum Gasteiger partial charge on any atom is 0.0722 e. The highest BCUT2D eigenvalue weighted by Crippen LogP contribution is 2.37. The lowest BCUT2D eigenvalue weighted by molar-refractivity contribution is 0.642. The molecular weight excluding hydrogens is 264 g/mol. The van der Waals surface area contributed by atoms with Crippen molar-refractivity contribution in [1.82, 2.24) is 0 Å². The van der Waals surface area contributed by atoms with Crippen LogP contribution in [0.2, 0.25) is 15.1 Å². The minimum Gasteiger partial charge on any atom is -0.380 e. The second kappa shape index (κ2) is 5.03. The second-order valence-electron chi connectivity index (χ2n) is 4.47. The van der Waals surface area contributed by atoms with Crippen LogP contribution in [0.3, 0.4) is 0 Å². The van der Waals surface area contributed by atoms with E-state index in [0.29, 0.717) is 21.1 Å². The van der Waals surface area contributed by atoms with Gasteiger partial charge in [0.1, 0.15) is 0 Å². The fraction of sp³-hybridized carbons (Fsp3) is 0.500. The van der Waals surface area contributed by atoms with E-state index in [2.05, 4.69) is 12.2 Å². The number of rotatable bonds is 4. The Morgan fingerprint density at radius 3 is 2.31 bits per heavy atom. The van der Waals surface area contributed by atoms with Crippen molar-refractivity contribution in [3.63, 3.8) is 0 Å². The van der Waals surface area contributed by atoms with Gasteiger partial charge in [0.05, 0.1) is 15.7 Å². The Balaban J connectivity index is 2.07. The molecule has 1 nitrogen and oxygen atoms in total. The van der Waals surface area contributed by atoms with Crippen molar-refractivity contribution >= 4 is 40.5 Å². The van der Waals surface area contributed by atoms with E-state index >= 15 is 0 Å². The van der Waals surface area contributed by atoms with Crippen LogP contribution in [0.15, 0.2) is 12.1 Å². The first-order chi connectivity index (χ1) is 7.56. The number of hydrogen-bond donors (Lipinski definition) is 1. The van der Waals surface area contributed by atoms with Gasteiger partial charge in [0.15, 0.2) is 0 Å². The van der Waals surface area contributed by atoms with Gasteiger partial charge in [-0.3, -0.25) is 0 Å². The molecule has 4 heteroatoms. The molecule has 0 aliphatic heterocycles. The smallest absolute Gasteiger partial charge is 0.0722 e. The quantitative estimate of drug-likeness (QED) is 0.793. The van der Waals surface area contributed by atoms with Crippen molar-refractivity contribution in [1.29, 1.82) is 0 Å². The van der Waals surface area contributed by atoms with Crippen LogP contribution in [0.4, 0.5) is 5.69 Å². The van der Waals surface area contributed by atoms with Crippen molar-refractivity contribution in [3.8, 4) is 0 Å². The summed E-state index contributed by atoms with van der Waals surface area (Å²) in [5.74, 6) is 0.882. The summed E-state index contributed by atoms with van der Waals surface area (Å²) in [7, 11) is 0. The Morgan fingerprint density at radius 1 is 1.25 bits per heavy atom. The predicted octanol–water partition coefficient (Wildman–Crippen LogP) is 5.25. The number of halogens is 3. The minimum absolute atomic E-state index is 0.392. The maximum absolute atomic E-state index is 6.10. The molecule has 0 radical (unpaired) electrons. The summed E-state index contributed by atoms with van der Waals surface area (Å²) in [6.07, 6.45) is 3.89. The van der Waals surface area contributed by atoms with Crippen LogP contribution in [0.5, 0.6) is 0 Å². The van der Waals surface area contributed by atoms with Crippen LogP contribution in [-0.2, 0) is 0 Å². The summed E-state index contributed by atoms with van der Waals surface area (Å²) in [4.78, 5) is 0. The molecule has 1 saturated carbocycles. The van der Waals surface area contributed by atoms with E-state index in [0.717, 1.165) is 11.6 Å². The van der Waals surface area contributed by atoms with Gasteiger partial charge in [0.2, 0.25) is 0 Å². The van der Waals surface area contributed by atoms with Crippen molar-refractivity contribution in [2.24, 2.45) is 5.92 Å². The normalized spacial score (nSPS) is 17.2. The SMILES string of the molecule is CC(CC1CC1)Nc1c(Cl)cc(Cl)cc1Cl.